The van der Waals surface area contributed by atoms with Crippen molar-refractivity contribution in [3.8, 4) is 0 Å². The highest BCUT2D eigenvalue weighted by Gasteiger charge is 2.82. The Hall–Kier alpha value is -0.730. The molecule has 0 aromatic rings. The first-order valence-corrected chi connectivity index (χ1v) is 11.2. The van der Waals surface area contributed by atoms with Gasteiger partial charge in [-0.25, -0.2) is 0 Å². The van der Waals surface area contributed by atoms with E-state index in [1.165, 1.54) is 6.92 Å². The molecular weight excluding hydrogens is 376 g/mol. The summed E-state index contributed by atoms with van der Waals surface area (Å²) < 4.78 is 30.3. The lowest BCUT2D eigenvalue weighted by Crippen LogP contribution is -2.76. The van der Waals surface area contributed by atoms with Crippen LogP contribution in [-0.2, 0) is 28.5 Å². The molecule has 11 atom stereocenters. The average molecular weight is 408 g/mol. The van der Waals surface area contributed by atoms with E-state index in [2.05, 4.69) is 13.8 Å². The highest BCUT2D eigenvalue weighted by Crippen LogP contribution is 2.73. The molecular formula is C22H32O7. The maximum Gasteiger partial charge on any atom is 0.302 e. The van der Waals surface area contributed by atoms with Crippen molar-refractivity contribution >= 4 is 5.97 Å². The Morgan fingerprint density at radius 1 is 1.21 bits per heavy atom. The molecule has 5 heterocycles. The number of epoxide rings is 1. The summed E-state index contributed by atoms with van der Waals surface area (Å²) in [6.07, 6.45) is 2.87. The van der Waals surface area contributed by atoms with Crippen molar-refractivity contribution in [3.05, 3.63) is 0 Å². The van der Waals surface area contributed by atoms with Crippen LogP contribution in [0, 0.1) is 28.6 Å². The summed E-state index contributed by atoms with van der Waals surface area (Å²) >= 11 is 0. The number of carbonyl (C=O) groups excluding carboxylic acids is 1. The van der Waals surface area contributed by atoms with E-state index in [1.54, 1.807) is 0 Å². The summed E-state index contributed by atoms with van der Waals surface area (Å²) in [6.45, 7) is 7.40. The third-order valence-electron chi connectivity index (χ3n) is 9.53. The Morgan fingerprint density at radius 2 is 2.00 bits per heavy atom. The lowest BCUT2D eigenvalue weighted by Gasteiger charge is -2.68. The molecule has 7 aliphatic rings. The Bertz CT molecular complexity index is 710. The second-order valence-electron chi connectivity index (χ2n) is 10.6. The van der Waals surface area contributed by atoms with Gasteiger partial charge in [0.1, 0.15) is 11.7 Å². The van der Waals surface area contributed by atoms with E-state index in [1.807, 2.05) is 0 Å². The second kappa shape index (κ2) is 5.94. The normalized spacial score (nSPS) is 60.1. The lowest BCUT2D eigenvalue weighted by molar-refractivity contribution is -0.375. The quantitative estimate of drug-likeness (QED) is 0.552. The van der Waals surface area contributed by atoms with Crippen LogP contribution in [0.2, 0.25) is 0 Å². The Balaban J connectivity index is 1.45. The van der Waals surface area contributed by atoms with Gasteiger partial charge >= 0.3 is 5.97 Å². The van der Waals surface area contributed by atoms with Crippen molar-refractivity contribution in [2.24, 2.45) is 28.6 Å². The first-order chi connectivity index (χ1) is 13.8. The predicted octanol–water partition coefficient (Wildman–Crippen LogP) is 2.00. The van der Waals surface area contributed by atoms with Gasteiger partial charge in [0, 0.05) is 24.7 Å². The van der Waals surface area contributed by atoms with Crippen molar-refractivity contribution in [2.75, 3.05) is 13.2 Å². The fraction of sp³-hybridized carbons (Fsp3) is 0.955. The van der Waals surface area contributed by atoms with Crippen LogP contribution in [0.25, 0.3) is 0 Å². The zero-order chi connectivity index (χ0) is 20.2. The van der Waals surface area contributed by atoms with Crippen molar-refractivity contribution in [2.45, 2.75) is 89.4 Å². The molecule has 2 bridgehead atoms. The van der Waals surface area contributed by atoms with Crippen LogP contribution in [-0.4, -0.2) is 60.8 Å². The minimum atomic E-state index is -0.990. The van der Waals surface area contributed by atoms with Gasteiger partial charge in [-0.15, -0.1) is 0 Å². The molecule has 0 aromatic heterocycles. The van der Waals surface area contributed by atoms with Crippen LogP contribution in [0.1, 0.15) is 52.9 Å². The summed E-state index contributed by atoms with van der Waals surface area (Å²) in [5.74, 6) is 0.513. The van der Waals surface area contributed by atoms with Crippen molar-refractivity contribution in [1.82, 2.24) is 0 Å². The SMILES string of the molecule is CC(=O)O[C@H]1C[C@@H](C)[C@](C)([C@H]2C[C@H]3CCO[C@H]3O2)[C@H]2C[C@@H]3C[C@]4(CO4)[C@]12[C@@H](O)O3. The van der Waals surface area contributed by atoms with E-state index < -0.39 is 23.4 Å². The zero-order valence-corrected chi connectivity index (χ0v) is 17.5. The molecule has 5 saturated heterocycles. The highest BCUT2D eigenvalue weighted by atomic mass is 16.7. The van der Waals surface area contributed by atoms with Gasteiger partial charge in [0.2, 0.25) is 0 Å². The molecule has 7 rings (SSSR count). The Kier molecular flexibility index (Phi) is 3.89. The number of hydrogen-bond donors (Lipinski definition) is 1. The molecule has 2 aliphatic carbocycles. The third-order valence-corrected chi connectivity index (χ3v) is 9.53. The fourth-order valence-electron chi connectivity index (χ4n) is 7.98. The van der Waals surface area contributed by atoms with Gasteiger partial charge in [-0.2, -0.15) is 0 Å². The Morgan fingerprint density at radius 3 is 2.69 bits per heavy atom. The molecule has 29 heavy (non-hydrogen) atoms. The van der Waals surface area contributed by atoms with Gasteiger partial charge in [0.25, 0.3) is 0 Å². The van der Waals surface area contributed by atoms with Crippen molar-refractivity contribution < 1.29 is 33.6 Å². The largest absolute Gasteiger partial charge is 0.462 e. The molecule has 2 saturated carbocycles. The fourth-order valence-corrected chi connectivity index (χ4v) is 7.98. The van der Waals surface area contributed by atoms with Crippen LogP contribution in [0.3, 0.4) is 0 Å². The third kappa shape index (κ3) is 2.23. The number of carbonyl (C=O) groups is 1. The number of esters is 1. The molecule has 7 heteroatoms. The van der Waals surface area contributed by atoms with Gasteiger partial charge in [-0.1, -0.05) is 13.8 Å². The molecule has 5 aliphatic heterocycles. The summed E-state index contributed by atoms with van der Waals surface area (Å²) in [5.41, 5.74) is -1.37. The first-order valence-electron chi connectivity index (χ1n) is 11.2. The van der Waals surface area contributed by atoms with Gasteiger partial charge in [0.15, 0.2) is 12.6 Å². The highest BCUT2D eigenvalue weighted by molar-refractivity contribution is 5.66. The van der Waals surface area contributed by atoms with E-state index in [0.717, 1.165) is 32.3 Å². The van der Waals surface area contributed by atoms with E-state index in [-0.39, 0.29) is 41.7 Å². The monoisotopic (exact) mass is 408 g/mol. The van der Waals surface area contributed by atoms with Gasteiger partial charge in [0.05, 0.1) is 30.8 Å². The smallest absolute Gasteiger partial charge is 0.302 e. The molecule has 0 radical (unpaired) electrons. The summed E-state index contributed by atoms with van der Waals surface area (Å²) in [4.78, 5) is 12.0. The minimum Gasteiger partial charge on any atom is -0.462 e. The molecule has 7 nitrogen and oxygen atoms in total. The number of fused-ring (bicyclic) bond motifs is 2. The van der Waals surface area contributed by atoms with Crippen molar-refractivity contribution in [1.29, 1.82) is 0 Å². The van der Waals surface area contributed by atoms with Crippen LogP contribution in [0.5, 0.6) is 0 Å². The minimum absolute atomic E-state index is 0.0286. The van der Waals surface area contributed by atoms with E-state index in [4.69, 9.17) is 23.7 Å². The van der Waals surface area contributed by atoms with Crippen LogP contribution < -0.4 is 0 Å². The Labute approximate surface area is 171 Å². The number of aliphatic hydroxyl groups excluding tert-OH is 1. The average Bonchev–Trinajstić information content (AvgIpc) is 3.09. The zero-order valence-electron chi connectivity index (χ0n) is 17.5. The predicted molar refractivity (Wildman–Crippen MR) is 99.5 cm³/mol. The standard InChI is InChI=1S/C22H32O7/c1-11-6-17(27-12(2)23)22-15(8-14(28-19(22)24)9-21(22)10-26-21)20(11,3)16-7-13-4-5-25-18(13)29-16/h11,13-19,24H,4-10H2,1-3H3/t11-,13-,14-,15-,16-,17+,18+,19+,20+,21+,22+/m1/s1. The molecule has 7 fully saturated rings. The summed E-state index contributed by atoms with van der Waals surface area (Å²) in [6, 6.07) is 0. The van der Waals surface area contributed by atoms with E-state index in [0.29, 0.717) is 18.9 Å². The van der Waals surface area contributed by atoms with Gasteiger partial charge < -0.3 is 28.8 Å². The first kappa shape index (κ1) is 19.0. The van der Waals surface area contributed by atoms with Crippen LogP contribution in [0.4, 0.5) is 0 Å². The van der Waals surface area contributed by atoms with Crippen LogP contribution >= 0.6 is 0 Å². The van der Waals surface area contributed by atoms with E-state index in [9.17, 15) is 9.90 Å². The van der Waals surface area contributed by atoms with Crippen molar-refractivity contribution in [3.63, 3.8) is 0 Å². The van der Waals surface area contributed by atoms with Gasteiger partial charge in [-0.05, 0) is 37.5 Å². The second-order valence-corrected chi connectivity index (χ2v) is 10.6. The number of rotatable bonds is 2. The van der Waals surface area contributed by atoms with E-state index >= 15 is 0 Å². The number of aliphatic hydroxyl groups is 1. The molecule has 1 N–H and O–H groups in total. The van der Waals surface area contributed by atoms with Crippen LogP contribution in [0.15, 0.2) is 0 Å². The summed E-state index contributed by atoms with van der Waals surface area (Å²) in [7, 11) is 0. The molecule has 2 spiro atoms. The topological polar surface area (TPSA) is 86.8 Å². The molecule has 162 valence electrons. The molecule has 0 unspecified atom stereocenters. The maximum absolute atomic E-state index is 12.0. The number of ether oxygens (including phenoxy) is 5. The summed E-state index contributed by atoms with van der Waals surface area (Å²) in [5, 5.41) is 11.3. The number of hydrogen-bond acceptors (Lipinski definition) is 7. The molecule has 0 aromatic carbocycles. The lowest BCUT2D eigenvalue weighted by atomic mass is 9.40. The van der Waals surface area contributed by atoms with Gasteiger partial charge in [-0.3, -0.25) is 4.79 Å². The molecule has 0 amide bonds. The maximum atomic E-state index is 12.0.